The second kappa shape index (κ2) is 7.37. The van der Waals surface area contributed by atoms with Crippen molar-refractivity contribution in [2.75, 3.05) is 7.11 Å². The van der Waals surface area contributed by atoms with Crippen molar-refractivity contribution in [1.82, 2.24) is 5.32 Å². The highest BCUT2D eigenvalue weighted by Gasteiger charge is 2.36. The lowest BCUT2D eigenvalue weighted by Gasteiger charge is -2.28. The lowest BCUT2D eigenvalue weighted by Crippen LogP contribution is -2.54. The van der Waals surface area contributed by atoms with Gasteiger partial charge in [0.2, 0.25) is 0 Å². The van der Waals surface area contributed by atoms with E-state index >= 15 is 0 Å². The van der Waals surface area contributed by atoms with Crippen LogP contribution in [-0.4, -0.2) is 35.4 Å². The third kappa shape index (κ3) is 5.89. The second-order valence-corrected chi connectivity index (χ2v) is 7.57. The van der Waals surface area contributed by atoms with E-state index in [4.69, 9.17) is 9.47 Å². The molecule has 1 rings (SSSR count). The Kier molecular flexibility index (Phi) is 6.26. The number of methoxy groups -OCH3 is 1. The molecule has 0 aromatic heterocycles. The van der Waals surface area contributed by atoms with Gasteiger partial charge in [-0.1, -0.05) is 6.07 Å². The fraction of sp³-hybridized carbons (Fsp3) is 0.500. The van der Waals surface area contributed by atoms with Gasteiger partial charge in [-0.2, -0.15) is 0 Å². The van der Waals surface area contributed by atoms with E-state index in [9.17, 15) is 14.7 Å². The first-order valence-corrected chi connectivity index (χ1v) is 8.12. The van der Waals surface area contributed by atoms with Crippen LogP contribution in [0.3, 0.4) is 0 Å². The Labute approximate surface area is 149 Å². The fourth-order valence-corrected chi connectivity index (χ4v) is 2.73. The van der Waals surface area contributed by atoms with Crippen molar-refractivity contribution in [2.45, 2.75) is 45.3 Å². The summed E-state index contributed by atoms with van der Waals surface area (Å²) in [6.07, 6.45) is -0.632. The summed E-state index contributed by atoms with van der Waals surface area (Å²) in [4.78, 5) is 23.6. The number of nitrogens with one attached hydrogen (secondary N) is 1. The van der Waals surface area contributed by atoms with Crippen LogP contribution in [0.25, 0.3) is 0 Å². The van der Waals surface area contributed by atoms with Crippen LogP contribution in [-0.2, 0) is 16.0 Å². The van der Waals surface area contributed by atoms with Gasteiger partial charge < -0.3 is 19.9 Å². The van der Waals surface area contributed by atoms with Crippen molar-refractivity contribution in [2.24, 2.45) is 0 Å². The molecule has 2 N–H and O–H groups in total. The van der Waals surface area contributed by atoms with Crippen LogP contribution in [0, 0.1) is 3.57 Å². The van der Waals surface area contributed by atoms with Gasteiger partial charge in [0.15, 0.2) is 0 Å². The van der Waals surface area contributed by atoms with Gasteiger partial charge in [-0.15, -0.1) is 0 Å². The largest absolute Gasteiger partial charge is 0.496 e. The SMILES string of the molecule is COc1ccc(C[C@](C)(NC(=O)OC(C)(C)C)C(=O)O)cc1I. The zero-order valence-electron chi connectivity index (χ0n) is 13.9. The van der Waals surface area contributed by atoms with Crippen molar-refractivity contribution in [1.29, 1.82) is 0 Å². The molecule has 0 aliphatic carbocycles. The van der Waals surface area contributed by atoms with E-state index in [1.807, 2.05) is 6.07 Å². The average Bonchev–Trinajstić information content (AvgIpc) is 2.36. The molecule has 7 heteroatoms. The summed E-state index contributed by atoms with van der Waals surface area (Å²) in [6.45, 7) is 6.61. The molecule has 1 aromatic carbocycles. The minimum absolute atomic E-state index is 0.127. The van der Waals surface area contributed by atoms with Gasteiger partial charge in [-0.05, 0) is 68.0 Å². The highest BCUT2D eigenvalue weighted by Crippen LogP contribution is 2.24. The summed E-state index contributed by atoms with van der Waals surface area (Å²) in [5.41, 5.74) is -1.39. The monoisotopic (exact) mass is 435 g/mol. The number of amides is 1. The van der Waals surface area contributed by atoms with Gasteiger partial charge in [0.05, 0.1) is 10.7 Å². The summed E-state index contributed by atoms with van der Waals surface area (Å²) in [6, 6.07) is 5.38. The summed E-state index contributed by atoms with van der Waals surface area (Å²) < 4.78 is 11.2. The quantitative estimate of drug-likeness (QED) is 0.694. The molecule has 0 heterocycles. The van der Waals surface area contributed by atoms with Crippen LogP contribution < -0.4 is 10.1 Å². The second-order valence-electron chi connectivity index (χ2n) is 6.41. The summed E-state index contributed by atoms with van der Waals surface area (Å²) >= 11 is 2.11. The van der Waals surface area contributed by atoms with E-state index < -0.39 is 23.2 Å². The lowest BCUT2D eigenvalue weighted by atomic mass is 9.93. The molecule has 0 aliphatic rings. The number of carboxylic acid groups (broad SMARTS) is 1. The normalized spacial score (nSPS) is 13.8. The van der Waals surface area contributed by atoms with Crippen molar-refractivity contribution < 1.29 is 24.2 Å². The molecule has 1 aromatic rings. The maximum atomic E-state index is 11.9. The predicted octanol–water partition coefficient (Wildman–Crippen LogP) is 3.21. The van der Waals surface area contributed by atoms with E-state index in [0.717, 1.165) is 9.13 Å². The molecule has 0 bridgehead atoms. The lowest BCUT2D eigenvalue weighted by molar-refractivity contribution is -0.144. The Morgan fingerprint density at radius 2 is 1.87 bits per heavy atom. The maximum absolute atomic E-state index is 11.9. The highest BCUT2D eigenvalue weighted by molar-refractivity contribution is 14.1. The van der Waals surface area contributed by atoms with Crippen LogP contribution in [0.2, 0.25) is 0 Å². The summed E-state index contributed by atoms with van der Waals surface area (Å²) in [5.74, 6) is -0.416. The van der Waals surface area contributed by atoms with Crippen LogP contribution in [0.5, 0.6) is 5.75 Å². The topological polar surface area (TPSA) is 84.9 Å². The van der Waals surface area contributed by atoms with Crippen molar-refractivity contribution in [3.63, 3.8) is 0 Å². The minimum Gasteiger partial charge on any atom is -0.496 e. The van der Waals surface area contributed by atoms with E-state index in [-0.39, 0.29) is 6.42 Å². The number of carbonyl (C=O) groups excluding carboxylic acids is 1. The van der Waals surface area contributed by atoms with E-state index in [2.05, 4.69) is 27.9 Å². The first-order chi connectivity index (χ1) is 10.5. The predicted molar refractivity (Wildman–Crippen MR) is 94.8 cm³/mol. The summed E-state index contributed by atoms with van der Waals surface area (Å²) in [7, 11) is 1.57. The average molecular weight is 435 g/mol. The van der Waals surface area contributed by atoms with Gasteiger partial charge in [0, 0.05) is 6.42 Å². The Morgan fingerprint density at radius 1 is 1.26 bits per heavy atom. The first kappa shape index (κ1) is 19.5. The molecule has 0 saturated heterocycles. The van der Waals surface area contributed by atoms with Crippen LogP contribution in [0.4, 0.5) is 4.79 Å². The molecule has 0 spiro atoms. The number of ether oxygens (including phenoxy) is 2. The van der Waals surface area contributed by atoms with Gasteiger partial charge in [0.1, 0.15) is 16.9 Å². The number of hydrogen-bond donors (Lipinski definition) is 2. The van der Waals surface area contributed by atoms with Gasteiger partial charge in [-0.25, -0.2) is 9.59 Å². The number of rotatable bonds is 5. The van der Waals surface area contributed by atoms with Gasteiger partial charge in [0.25, 0.3) is 0 Å². The maximum Gasteiger partial charge on any atom is 0.408 e. The van der Waals surface area contributed by atoms with Crippen molar-refractivity contribution in [3.8, 4) is 5.75 Å². The molecular weight excluding hydrogens is 413 g/mol. The number of alkyl carbamates (subject to hydrolysis) is 1. The molecule has 0 saturated carbocycles. The van der Waals surface area contributed by atoms with Gasteiger partial charge in [-0.3, -0.25) is 0 Å². The Morgan fingerprint density at radius 3 is 2.30 bits per heavy atom. The fourth-order valence-electron chi connectivity index (χ4n) is 1.93. The Balaban J connectivity index is 2.95. The molecule has 0 radical (unpaired) electrons. The minimum atomic E-state index is -1.47. The van der Waals surface area contributed by atoms with Crippen LogP contribution >= 0.6 is 22.6 Å². The number of halogens is 1. The molecule has 0 unspecified atom stereocenters. The number of carbonyl (C=O) groups is 2. The number of carboxylic acids is 1. The van der Waals surface area contributed by atoms with Crippen molar-refractivity contribution in [3.05, 3.63) is 27.3 Å². The molecule has 6 nitrogen and oxygen atoms in total. The van der Waals surface area contributed by atoms with Gasteiger partial charge >= 0.3 is 12.1 Å². The number of hydrogen-bond acceptors (Lipinski definition) is 4. The zero-order valence-corrected chi connectivity index (χ0v) is 16.1. The Bertz CT molecular complexity index is 597. The molecule has 1 amide bonds. The molecule has 0 aliphatic heterocycles. The molecule has 0 fully saturated rings. The van der Waals surface area contributed by atoms with Crippen molar-refractivity contribution >= 4 is 34.7 Å². The van der Waals surface area contributed by atoms with Crippen LogP contribution in [0.15, 0.2) is 18.2 Å². The number of benzene rings is 1. The standard InChI is InChI=1S/C16H22INO5/c1-15(2,3)23-14(21)18-16(4,13(19)20)9-10-6-7-12(22-5)11(17)8-10/h6-8H,9H2,1-5H3,(H,18,21)(H,19,20)/t16-/m0/s1. The highest BCUT2D eigenvalue weighted by atomic mass is 127. The van der Waals surface area contributed by atoms with E-state index in [1.54, 1.807) is 40.0 Å². The molecule has 128 valence electrons. The molecule has 23 heavy (non-hydrogen) atoms. The third-order valence-electron chi connectivity index (χ3n) is 3.02. The Hall–Kier alpha value is -1.51. The molecule has 1 atom stereocenters. The van der Waals surface area contributed by atoms with E-state index in [0.29, 0.717) is 5.75 Å². The number of aliphatic carboxylic acids is 1. The van der Waals surface area contributed by atoms with Crippen LogP contribution in [0.1, 0.15) is 33.3 Å². The first-order valence-electron chi connectivity index (χ1n) is 7.04. The third-order valence-corrected chi connectivity index (χ3v) is 3.87. The smallest absolute Gasteiger partial charge is 0.408 e. The zero-order chi connectivity index (χ0) is 17.8. The summed E-state index contributed by atoms with van der Waals surface area (Å²) in [5, 5.41) is 12.0. The molecular formula is C16H22INO5. The van der Waals surface area contributed by atoms with E-state index in [1.165, 1.54) is 6.92 Å².